The van der Waals surface area contributed by atoms with Crippen LogP contribution >= 0.6 is 0 Å². The molecule has 2 N–H and O–H groups in total. The molecule has 5 nitrogen and oxygen atoms in total. The molecule has 1 aliphatic heterocycles. The van der Waals surface area contributed by atoms with Crippen LogP contribution in [-0.4, -0.2) is 35.2 Å². The van der Waals surface area contributed by atoms with Crippen LogP contribution in [0.15, 0.2) is 24.3 Å². The fourth-order valence-corrected chi connectivity index (χ4v) is 1.97. The highest BCUT2D eigenvalue weighted by Gasteiger charge is 2.21. The highest BCUT2D eigenvalue weighted by atomic mass is 16.3. The van der Waals surface area contributed by atoms with Crippen molar-refractivity contribution in [2.45, 2.75) is 18.9 Å². The van der Waals surface area contributed by atoms with E-state index in [1.165, 1.54) is 0 Å². The van der Waals surface area contributed by atoms with Gasteiger partial charge in [0.1, 0.15) is 0 Å². The van der Waals surface area contributed by atoms with E-state index >= 15 is 0 Å². The third-order valence-corrected chi connectivity index (χ3v) is 2.95. The maximum atomic E-state index is 11.9. The number of β-amino-alcohol motifs (C(OH)–C–C–N with tert-alkyl or cyclic N) is 1. The van der Waals surface area contributed by atoms with Gasteiger partial charge in [0.15, 0.2) is 0 Å². The Labute approximate surface area is 106 Å². The van der Waals surface area contributed by atoms with Crippen LogP contribution < -0.4 is 5.32 Å². The number of nitrogens with one attached hydrogen (secondary N) is 1. The van der Waals surface area contributed by atoms with Gasteiger partial charge in [0.05, 0.1) is 17.7 Å². The van der Waals surface area contributed by atoms with Gasteiger partial charge in [-0.15, -0.1) is 0 Å². The summed E-state index contributed by atoms with van der Waals surface area (Å²) in [4.78, 5) is 13.5. The Kier molecular flexibility index (Phi) is 3.80. The number of benzene rings is 1. The van der Waals surface area contributed by atoms with E-state index in [2.05, 4.69) is 5.32 Å². The number of aliphatic hydroxyl groups is 1. The van der Waals surface area contributed by atoms with Crippen molar-refractivity contribution in [2.75, 3.05) is 18.4 Å². The number of nitrogens with zero attached hydrogens (tertiary/aromatic N) is 2. The van der Waals surface area contributed by atoms with Crippen molar-refractivity contribution in [1.82, 2.24) is 4.90 Å². The van der Waals surface area contributed by atoms with Crippen LogP contribution in [0.4, 0.5) is 10.5 Å². The lowest BCUT2D eigenvalue weighted by molar-refractivity contribution is 0.0883. The van der Waals surface area contributed by atoms with Gasteiger partial charge in [-0.25, -0.2) is 4.79 Å². The maximum absolute atomic E-state index is 11.9. The van der Waals surface area contributed by atoms with Crippen LogP contribution in [0.25, 0.3) is 0 Å². The smallest absolute Gasteiger partial charge is 0.321 e. The molecule has 1 aromatic rings. The molecule has 1 fully saturated rings. The number of aliphatic hydroxyl groups excluding tert-OH is 1. The van der Waals surface area contributed by atoms with E-state index in [0.717, 1.165) is 12.8 Å². The van der Waals surface area contributed by atoms with Crippen molar-refractivity contribution in [2.24, 2.45) is 0 Å². The Balaban J connectivity index is 1.96. The second kappa shape index (κ2) is 5.52. The summed E-state index contributed by atoms with van der Waals surface area (Å²) in [7, 11) is 0. The lowest BCUT2D eigenvalue weighted by Gasteiger charge is -2.30. The van der Waals surface area contributed by atoms with Crippen LogP contribution in [-0.2, 0) is 0 Å². The Morgan fingerprint density at radius 3 is 2.78 bits per heavy atom. The van der Waals surface area contributed by atoms with Gasteiger partial charge in [0.2, 0.25) is 0 Å². The second-order valence-corrected chi connectivity index (χ2v) is 4.36. The summed E-state index contributed by atoms with van der Waals surface area (Å²) in [6.07, 6.45) is 1.15. The second-order valence-electron chi connectivity index (χ2n) is 4.36. The highest BCUT2D eigenvalue weighted by molar-refractivity contribution is 5.89. The maximum Gasteiger partial charge on any atom is 0.321 e. The Morgan fingerprint density at radius 2 is 2.17 bits per heavy atom. The van der Waals surface area contributed by atoms with E-state index in [9.17, 15) is 9.90 Å². The molecule has 18 heavy (non-hydrogen) atoms. The van der Waals surface area contributed by atoms with Crippen molar-refractivity contribution >= 4 is 11.7 Å². The van der Waals surface area contributed by atoms with Crippen molar-refractivity contribution < 1.29 is 9.90 Å². The first-order valence-electron chi connectivity index (χ1n) is 5.93. The summed E-state index contributed by atoms with van der Waals surface area (Å²) < 4.78 is 0. The highest BCUT2D eigenvalue weighted by Crippen LogP contribution is 2.13. The van der Waals surface area contributed by atoms with E-state index in [4.69, 9.17) is 5.26 Å². The standard InChI is InChI=1S/C13H15N3O2/c14-8-10-3-5-11(6-4-10)15-13(18)16-7-1-2-12(17)9-16/h3-6,12,17H,1-2,7,9H2,(H,15,18)/t12-/m1/s1. The number of anilines is 1. The van der Waals surface area contributed by atoms with Crippen LogP contribution in [0, 0.1) is 11.3 Å². The number of urea groups is 1. The molecule has 1 aliphatic rings. The van der Waals surface area contributed by atoms with Crippen molar-refractivity contribution in [3.8, 4) is 6.07 Å². The molecule has 0 radical (unpaired) electrons. The van der Waals surface area contributed by atoms with Gasteiger partial charge in [-0.1, -0.05) is 0 Å². The monoisotopic (exact) mass is 245 g/mol. The van der Waals surface area contributed by atoms with Gasteiger partial charge in [0, 0.05) is 18.8 Å². The SMILES string of the molecule is N#Cc1ccc(NC(=O)N2CCC[C@@H](O)C2)cc1. The third kappa shape index (κ3) is 2.99. The molecule has 0 spiro atoms. The zero-order chi connectivity index (χ0) is 13.0. The lowest BCUT2D eigenvalue weighted by Crippen LogP contribution is -2.44. The minimum Gasteiger partial charge on any atom is -0.391 e. The van der Waals surface area contributed by atoms with E-state index in [-0.39, 0.29) is 6.03 Å². The molecule has 0 aliphatic carbocycles. The summed E-state index contributed by atoms with van der Waals surface area (Å²) in [6.45, 7) is 1.04. The molecule has 2 rings (SSSR count). The quantitative estimate of drug-likeness (QED) is 0.788. The topological polar surface area (TPSA) is 76.4 Å². The van der Waals surface area contributed by atoms with Crippen molar-refractivity contribution in [3.63, 3.8) is 0 Å². The number of hydrogen-bond donors (Lipinski definition) is 2. The first-order chi connectivity index (χ1) is 8.69. The predicted molar refractivity (Wildman–Crippen MR) is 67.0 cm³/mol. The fourth-order valence-electron chi connectivity index (χ4n) is 1.97. The van der Waals surface area contributed by atoms with E-state index in [0.29, 0.717) is 24.3 Å². The Bertz CT molecular complexity index is 464. The number of carbonyl (C=O) groups excluding carboxylic acids is 1. The average Bonchev–Trinajstić information content (AvgIpc) is 2.39. The zero-order valence-electron chi connectivity index (χ0n) is 9.97. The number of piperidine rings is 1. The van der Waals surface area contributed by atoms with Crippen molar-refractivity contribution in [3.05, 3.63) is 29.8 Å². The van der Waals surface area contributed by atoms with Gasteiger partial charge >= 0.3 is 6.03 Å². The lowest BCUT2D eigenvalue weighted by atomic mass is 10.1. The third-order valence-electron chi connectivity index (χ3n) is 2.95. The molecular formula is C13H15N3O2. The van der Waals surface area contributed by atoms with Gasteiger partial charge in [-0.3, -0.25) is 0 Å². The van der Waals surface area contributed by atoms with E-state index in [1.54, 1.807) is 29.2 Å². The molecule has 1 atom stereocenters. The molecule has 1 heterocycles. The zero-order valence-corrected chi connectivity index (χ0v) is 9.97. The summed E-state index contributed by atoms with van der Waals surface area (Å²) in [6, 6.07) is 8.50. The molecule has 1 aromatic carbocycles. The summed E-state index contributed by atoms with van der Waals surface area (Å²) in [5.74, 6) is 0. The van der Waals surface area contributed by atoms with Gasteiger partial charge in [0.25, 0.3) is 0 Å². The fraction of sp³-hybridized carbons (Fsp3) is 0.385. The molecule has 94 valence electrons. The van der Waals surface area contributed by atoms with Gasteiger partial charge in [-0.05, 0) is 37.1 Å². The molecule has 1 saturated heterocycles. The summed E-state index contributed by atoms with van der Waals surface area (Å²) >= 11 is 0. The van der Waals surface area contributed by atoms with E-state index < -0.39 is 6.10 Å². The number of hydrogen-bond acceptors (Lipinski definition) is 3. The summed E-state index contributed by atoms with van der Waals surface area (Å²) in [5, 5.41) is 20.9. The molecular weight excluding hydrogens is 230 g/mol. The summed E-state index contributed by atoms with van der Waals surface area (Å²) in [5.41, 5.74) is 1.21. The van der Waals surface area contributed by atoms with Gasteiger partial charge < -0.3 is 15.3 Å². The molecule has 5 heteroatoms. The predicted octanol–water partition coefficient (Wildman–Crippen LogP) is 1.55. The van der Waals surface area contributed by atoms with E-state index in [1.807, 2.05) is 6.07 Å². The largest absolute Gasteiger partial charge is 0.391 e. The molecule has 2 amide bonds. The van der Waals surface area contributed by atoms with Crippen LogP contribution in [0.1, 0.15) is 18.4 Å². The molecule has 0 unspecified atom stereocenters. The molecule has 0 aromatic heterocycles. The number of carbonyl (C=O) groups is 1. The minimum absolute atomic E-state index is 0.210. The Hall–Kier alpha value is -2.06. The molecule has 0 saturated carbocycles. The molecule has 0 bridgehead atoms. The minimum atomic E-state index is -0.425. The Morgan fingerprint density at radius 1 is 1.44 bits per heavy atom. The number of likely N-dealkylation sites (tertiary alicyclic amines) is 1. The first-order valence-corrected chi connectivity index (χ1v) is 5.93. The number of amides is 2. The first kappa shape index (κ1) is 12.4. The van der Waals surface area contributed by atoms with Gasteiger partial charge in [-0.2, -0.15) is 5.26 Å². The van der Waals surface area contributed by atoms with Crippen LogP contribution in [0.3, 0.4) is 0 Å². The van der Waals surface area contributed by atoms with Crippen LogP contribution in [0.2, 0.25) is 0 Å². The number of rotatable bonds is 1. The van der Waals surface area contributed by atoms with Crippen molar-refractivity contribution in [1.29, 1.82) is 5.26 Å². The average molecular weight is 245 g/mol. The number of nitriles is 1. The van der Waals surface area contributed by atoms with Crippen LogP contribution in [0.5, 0.6) is 0 Å². The normalized spacial score (nSPS) is 19.1.